The van der Waals surface area contributed by atoms with Gasteiger partial charge in [0, 0.05) is 26.3 Å². The highest BCUT2D eigenvalue weighted by atomic mass is 127. The molecule has 1 aliphatic heterocycles. The Kier molecular flexibility index (Phi) is 11.8. The SMILES string of the molecule is CCNC(=NCc1ccc(C)c(F)c1)NCCCOCC1CCCO1.I. The number of guanidine groups is 1. The molecule has 1 fully saturated rings. The van der Waals surface area contributed by atoms with Crippen LogP contribution in [-0.2, 0) is 16.0 Å². The van der Waals surface area contributed by atoms with Gasteiger partial charge in [0.1, 0.15) is 5.82 Å². The summed E-state index contributed by atoms with van der Waals surface area (Å²) in [5.74, 6) is 0.552. The van der Waals surface area contributed by atoms with Crippen molar-refractivity contribution in [3.8, 4) is 0 Å². The number of rotatable bonds is 9. The minimum absolute atomic E-state index is 0. The molecule has 0 saturated carbocycles. The Morgan fingerprint density at radius 1 is 1.38 bits per heavy atom. The van der Waals surface area contributed by atoms with E-state index in [0.29, 0.717) is 25.3 Å². The van der Waals surface area contributed by atoms with Crippen molar-refractivity contribution in [3.05, 3.63) is 35.1 Å². The van der Waals surface area contributed by atoms with Crippen molar-refractivity contribution in [2.45, 2.75) is 45.8 Å². The van der Waals surface area contributed by atoms with Crippen LogP contribution in [0.4, 0.5) is 4.39 Å². The van der Waals surface area contributed by atoms with Crippen molar-refractivity contribution in [1.82, 2.24) is 10.6 Å². The molecule has 2 rings (SSSR count). The number of aryl methyl sites for hydroxylation is 1. The molecule has 1 aromatic carbocycles. The number of ether oxygens (including phenoxy) is 2. The molecule has 0 bridgehead atoms. The van der Waals surface area contributed by atoms with Gasteiger partial charge in [-0.05, 0) is 50.3 Å². The predicted octanol–water partition coefficient (Wildman–Crippen LogP) is 3.39. The number of nitrogens with one attached hydrogen (secondary N) is 2. The molecular weight excluding hydrogens is 448 g/mol. The smallest absolute Gasteiger partial charge is 0.191 e. The lowest BCUT2D eigenvalue weighted by atomic mass is 10.1. The number of hydrogen-bond donors (Lipinski definition) is 2. The molecule has 1 aromatic rings. The van der Waals surface area contributed by atoms with Crippen molar-refractivity contribution in [1.29, 1.82) is 0 Å². The van der Waals surface area contributed by atoms with Gasteiger partial charge in [-0.2, -0.15) is 0 Å². The summed E-state index contributed by atoms with van der Waals surface area (Å²) < 4.78 is 24.8. The van der Waals surface area contributed by atoms with E-state index in [1.165, 1.54) is 0 Å². The number of aliphatic imine (C=N–C) groups is 1. The zero-order valence-corrected chi connectivity index (χ0v) is 18.1. The standard InChI is InChI=1S/C19H30FN3O2.HI/c1-3-21-19(23-13-16-8-7-15(2)18(20)12-16)22-9-5-10-24-14-17-6-4-11-25-17;/h7-8,12,17H,3-6,9-11,13-14H2,1-2H3,(H2,21,22,23);1H. The molecule has 0 radical (unpaired) electrons. The zero-order valence-electron chi connectivity index (χ0n) is 15.7. The third-order valence-corrected chi connectivity index (χ3v) is 4.09. The van der Waals surface area contributed by atoms with Gasteiger partial charge in [0.25, 0.3) is 0 Å². The Hall–Kier alpha value is -0.930. The van der Waals surface area contributed by atoms with Crippen LogP contribution in [0, 0.1) is 12.7 Å². The van der Waals surface area contributed by atoms with E-state index in [9.17, 15) is 4.39 Å². The van der Waals surface area contributed by atoms with E-state index in [4.69, 9.17) is 9.47 Å². The molecule has 5 nitrogen and oxygen atoms in total. The van der Waals surface area contributed by atoms with E-state index >= 15 is 0 Å². The lowest BCUT2D eigenvalue weighted by Gasteiger charge is -2.12. The molecule has 1 heterocycles. The second-order valence-electron chi connectivity index (χ2n) is 6.27. The Bertz CT molecular complexity index is 552. The maximum Gasteiger partial charge on any atom is 0.191 e. The van der Waals surface area contributed by atoms with Crippen molar-refractivity contribution in [3.63, 3.8) is 0 Å². The Labute approximate surface area is 173 Å². The van der Waals surface area contributed by atoms with Crippen LogP contribution in [0.3, 0.4) is 0 Å². The van der Waals surface area contributed by atoms with Gasteiger partial charge in [-0.15, -0.1) is 24.0 Å². The summed E-state index contributed by atoms with van der Waals surface area (Å²) >= 11 is 0. The van der Waals surface area contributed by atoms with Crippen LogP contribution in [0.5, 0.6) is 0 Å². The van der Waals surface area contributed by atoms with Crippen LogP contribution in [0.15, 0.2) is 23.2 Å². The summed E-state index contributed by atoms with van der Waals surface area (Å²) in [6, 6.07) is 5.23. The molecule has 0 aliphatic carbocycles. The van der Waals surface area contributed by atoms with Crippen LogP contribution in [-0.4, -0.2) is 45.0 Å². The number of benzene rings is 1. The highest BCUT2D eigenvalue weighted by molar-refractivity contribution is 14.0. The Morgan fingerprint density at radius 3 is 2.92 bits per heavy atom. The highest BCUT2D eigenvalue weighted by Crippen LogP contribution is 2.12. The van der Waals surface area contributed by atoms with Crippen LogP contribution < -0.4 is 10.6 Å². The molecule has 1 saturated heterocycles. The van der Waals surface area contributed by atoms with E-state index in [0.717, 1.165) is 50.5 Å². The average Bonchev–Trinajstić information content (AvgIpc) is 3.12. The van der Waals surface area contributed by atoms with Crippen molar-refractivity contribution in [2.75, 3.05) is 32.9 Å². The fourth-order valence-electron chi connectivity index (χ4n) is 2.62. The zero-order chi connectivity index (χ0) is 17.9. The molecule has 2 N–H and O–H groups in total. The third kappa shape index (κ3) is 8.64. The lowest BCUT2D eigenvalue weighted by molar-refractivity contribution is 0.0168. The first kappa shape index (κ1) is 23.1. The first-order valence-electron chi connectivity index (χ1n) is 9.15. The largest absolute Gasteiger partial charge is 0.379 e. The first-order valence-corrected chi connectivity index (χ1v) is 9.15. The lowest BCUT2D eigenvalue weighted by Crippen LogP contribution is -2.38. The van der Waals surface area contributed by atoms with Crippen LogP contribution in [0.1, 0.15) is 37.3 Å². The Balaban J connectivity index is 0.00000338. The fraction of sp³-hybridized carbons (Fsp3) is 0.632. The van der Waals surface area contributed by atoms with Crippen LogP contribution >= 0.6 is 24.0 Å². The topological polar surface area (TPSA) is 54.9 Å². The second kappa shape index (κ2) is 13.3. The predicted molar refractivity (Wildman–Crippen MR) is 114 cm³/mol. The van der Waals surface area contributed by atoms with E-state index in [1.54, 1.807) is 19.1 Å². The van der Waals surface area contributed by atoms with E-state index in [1.807, 2.05) is 13.0 Å². The molecule has 1 unspecified atom stereocenters. The van der Waals surface area contributed by atoms with Gasteiger partial charge in [0.05, 0.1) is 19.3 Å². The van der Waals surface area contributed by atoms with Crippen LogP contribution in [0.25, 0.3) is 0 Å². The molecule has 1 aliphatic rings. The van der Waals surface area contributed by atoms with Crippen molar-refractivity contribution in [2.24, 2.45) is 4.99 Å². The quantitative estimate of drug-likeness (QED) is 0.247. The van der Waals surface area contributed by atoms with Gasteiger partial charge >= 0.3 is 0 Å². The van der Waals surface area contributed by atoms with E-state index in [-0.39, 0.29) is 35.9 Å². The summed E-state index contributed by atoms with van der Waals surface area (Å²) in [6.07, 6.45) is 3.43. The normalized spacial score (nSPS) is 17.0. The highest BCUT2D eigenvalue weighted by Gasteiger charge is 2.14. The average molecular weight is 479 g/mol. The maximum atomic E-state index is 13.6. The van der Waals surface area contributed by atoms with Gasteiger partial charge in [-0.3, -0.25) is 0 Å². The minimum atomic E-state index is -0.186. The molecule has 0 aromatic heterocycles. The molecular formula is C19H31FIN3O2. The minimum Gasteiger partial charge on any atom is -0.379 e. The van der Waals surface area contributed by atoms with E-state index in [2.05, 4.69) is 15.6 Å². The molecule has 148 valence electrons. The maximum absolute atomic E-state index is 13.6. The summed E-state index contributed by atoms with van der Waals surface area (Å²) in [6.45, 7) is 8.04. The molecule has 0 amide bonds. The van der Waals surface area contributed by atoms with Crippen molar-refractivity contribution < 1.29 is 13.9 Å². The first-order chi connectivity index (χ1) is 12.2. The molecule has 1 atom stereocenters. The summed E-state index contributed by atoms with van der Waals surface area (Å²) in [4.78, 5) is 4.50. The van der Waals surface area contributed by atoms with Gasteiger partial charge < -0.3 is 20.1 Å². The van der Waals surface area contributed by atoms with Crippen LogP contribution in [0.2, 0.25) is 0 Å². The number of nitrogens with zero attached hydrogens (tertiary/aromatic N) is 1. The van der Waals surface area contributed by atoms with Gasteiger partial charge in [-0.1, -0.05) is 12.1 Å². The Morgan fingerprint density at radius 2 is 2.23 bits per heavy atom. The van der Waals surface area contributed by atoms with Gasteiger partial charge in [0.15, 0.2) is 5.96 Å². The molecule has 7 heteroatoms. The summed E-state index contributed by atoms with van der Waals surface area (Å²) in [5, 5.41) is 6.48. The summed E-state index contributed by atoms with van der Waals surface area (Å²) in [7, 11) is 0. The number of halogens is 2. The van der Waals surface area contributed by atoms with Crippen molar-refractivity contribution >= 4 is 29.9 Å². The van der Waals surface area contributed by atoms with Gasteiger partial charge in [0.2, 0.25) is 0 Å². The number of hydrogen-bond acceptors (Lipinski definition) is 3. The molecule has 0 spiro atoms. The third-order valence-electron chi connectivity index (χ3n) is 4.09. The second-order valence-corrected chi connectivity index (χ2v) is 6.27. The molecule has 26 heavy (non-hydrogen) atoms. The fourth-order valence-corrected chi connectivity index (χ4v) is 2.62. The van der Waals surface area contributed by atoms with E-state index < -0.39 is 0 Å². The summed E-state index contributed by atoms with van der Waals surface area (Å²) in [5.41, 5.74) is 1.51. The monoisotopic (exact) mass is 479 g/mol. The van der Waals surface area contributed by atoms with Gasteiger partial charge in [-0.25, -0.2) is 9.38 Å².